The first kappa shape index (κ1) is 17.8. The Morgan fingerprint density at radius 1 is 1.33 bits per heavy atom. The van der Waals surface area contributed by atoms with Crippen molar-refractivity contribution >= 4 is 0 Å². The smallest absolute Gasteiger partial charge is 0.118 e. The minimum atomic E-state index is 0.0734. The highest BCUT2D eigenvalue weighted by atomic mass is 16.3. The van der Waals surface area contributed by atoms with Crippen molar-refractivity contribution in [1.29, 1.82) is 0 Å². The van der Waals surface area contributed by atoms with E-state index in [0.717, 1.165) is 42.4 Å². The number of nitrogens with one attached hydrogen (secondary N) is 1. The van der Waals surface area contributed by atoms with Crippen LogP contribution < -0.4 is 0 Å². The molecule has 3 aromatic heterocycles. The number of furan rings is 1. The average Bonchev–Trinajstić information content (AvgIpc) is 3.29. The fraction of sp³-hybridized carbons (Fsp3) is 0.429. The average molecular weight is 365 g/mol. The van der Waals surface area contributed by atoms with Gasteiger partial charge in [0.25, 0.3) is 0 Å². The maximum absolute atomic E-state index is 5.97. The second kappa shape index (κ2) is 6.85. The van der Waals surface area contributed by atoms with Crippen LogP contribution in [0.25, 0.3) is 0 Å². The molecule has 0 spiro atoms. The summed E-state index contributed by atoms with van der Waals surface area (Å²) in [5.41, 5.74) is 6.98. The van der Waals surface area contributed by atoms with Crippen LogP contribution in [0.3, 0.4) is 0 Å². The van der Waals surface area contributed by atoms with E-state index < -0.39 is 0 Å². The Morgan fingerprint density at radius 2 is 2.15 bits per heavy atom. The molecule has 1 aliphatic heterocycles. The van der Waals surface area contributed by atoms with E-state index in [4.69, 9.17) is 9.52 Å². The van der Waals surface area contributed by atoms with Crippen LogP contribution in [0.15, 0.2) is 29.5 Å². The van der Waals surface area contributed by atoms with Crippen molar-refractivity contribution in [3.63, 3.8) is 0 Å². The van der Waals surface area contributed by atoms with Gasteiger partial charge in [-0.05, 0) is 39.3 Å². The van der Waals surface area contributed by atoms with E-state index in [0.29, 0.717) is 6.54 Å². The van der Waals surface area contributed by atoms with Crippen molar-refractivity contribution in [2.45, 2.75) is 53.2 Å². The molecule has 0 aliphatic carbocycles. The molecule has 0 radical (unpaired) electrons. The fourth-order valence-corrected chi connectivity index (χ4v) is 4.15. The predicted octanol–water partition coefficient (Wildman–Crippen LogP) is 3.77. The summed E-state index contributed by atoms with van der Waals surface area (Å²) in [4.78, 5) is 10.5. The lowest BCUT2D eigenvalue weighted by molar-refractivity contribution is 0.183. The third-order valence-electron chi connectivity index (χ3n) is 5.61. The lowest BCUT2D eigenvalue weighted by Gasteiger charge is -2.34. The van der Waals surface area contributed by atoms with Crippen molar-refractivity contribution < 1.29 is 4.42 Å². The number of aromatic nitrogens is 4. The number of fused-ring (bicyclic) bond motifs is 1. The van der Waals surface area contributed by atoms with Gasteiger partial charge in [-0.3, -0.25) is 9.58 Å². The molecule has 0 saturated heterocycles. The summed E-state index contributed by atoms with van der Waals surface area (Å²) in [5, 5.41) is 4.75. The molecule has 0 amide bonds. The SMILES string of the molecule is C=CCn1nc(C)c(C2c3nc[nH]c3CCN2Cc2cc(C)c(C)o2)c1C. The highest BCUT2D eigenvalue weighted by Gasteiger charge is 2.35. The predicted molar refractivity (Wildman–Crippen MR) is 105 cm³/mol. The number of hydrogen-bond donors (Lipinski definition) is 1. The maximum atomic E-state index is 5.97. The number of H-pyrrole nitrogens is 1. The maximum Gasteiger partial charge on any atom is 0.118 e. The molecule has 4 rings (SSSR count). The minimum Gasteiger partial charge on any atom is -0.465 e. The van der Waals surface area contributed by atoms with Gasteiger partial charge >= 0.3 is 0 Å². The van der Waals surface area contributed by atoms with E-state index >= 15 is 0 Å². The number of hydrogen-bond acceptors (Lipinski definition) is 4. The Balaban J connectivity index is 1.77. The van der Waals surface area contributed by atoms with Gasteiger partial charge in [0.05, 0.1) is 36.8 Å². The number of rotatable bonds is 5. The van der Waals surface area contributed by atoms with Crippen molar-refractivity contribution in [1.82, 2.24) is 24.6 Å². The quantitative estimate of drug-likeness (QED) is 0.699. The Bertz CT molecular complexity index is 958. The Labute approximate surface area is 159 Å². The molecular weight excluding hydrogens is 338 g/mol. The van der Waals surface area contributed by atoms with Gasteiger partial charge in [0.15, 0.2) is 0 Å². The molecule has 1 aliphatic rings. The van der Waals surface area contributed by atoms with Crippen molar-refractivity contribution in [3.05, 3.63) is 70.5 Å². The van der Waals surface area contributed by atoms with Crippen LogP contribution in [0.2, 0.25) is 0 Å². The Kier molecular flexibility index (Phi) is 4.52. The topological polar surface area (TPSA) is 62.9 Å². The molecule has 142 valence electrons. The lowest BCUT2D eigenvalue weighted by Crippen LogP contribution is -2.36. The van der Waals surface area contributed by atoms with Gasteiger partial charge in [-0.2, -0.15) is 5.10 Å². The van der Waals surface area contributed by atoms with E-state index in [1.54, 1.807) is 6.33 Å². The standard InChI is InChI=1S/C21H27N5O/c1-6-8-26-15(4)19(14(3)24-26)21-20-18(22-12-23-20)7-9-25(21)11-17-10-13(2)16(5)27-17/h6,10,12,21H,1,7-9,11H2,2-5H3,(H,22,23). The highest BCUT2D eigenvalue weighted by molar-refractivity contribution is 5.38. The fourth-order valence-electron chi connectivity index (χ4n) is 4.15. The van der Waals surface area contributed by atoms with Crippen LogP contribution in [-0.2, 0) is 19.5 Å². The van der Waals surface area contributed by atoms with Gasteiger partial charge < -0.3 is 9.40 Å². The monoisotopic (exact) mass is 365 g/mol. The number of aromatic amines is 1. The minimum absolute atomic E-state index is 0.0734. The first-order valence-corrected chi connectivity index (χ1v) is 9.46. The van der Waals surface area contributed by atoms with Crippen LogP contribution in [-0.4, -0.2) is 31.2 Å². The molecule has 0 saturated carbocycles. The molecule has 6 nitrogen and oxygen atoms in total. The van der Waals surface area contributed by atoms with E-state index in [-0.39, 0.29) is 6.04 Å². The number of allylic oxidation sites excluding steroid dienone is 1. The summed E-state index contributed by atoms with van der Waals surface area (Å²) in [6.07, 6.45) is 4.65. The van der Waals surface area contributed by atoms with Crippen LogP contribution >= 0.6 is 0 Å². The molecule has 4 heterocycles. The largest absolute Gasteiger partial charge is 0.465 e. The van der Waals surface area contributed by atoms with Crippen LogP contribution in [0.5, 0.6) is 0 Å². The zero-order chi connectivity index (χ0) is 19.1. The van der Waals surface area contributed by atoms with Crippen LogP contribution in [0.1, 0.15) is 51.5 Å². The molecular formula is C21H27N5O. The van der Waals surface area contributed by atoms with Crippen LogP contribution in [0, 0.1) is 27.7 Å². The van der Waals surface area contributed by atoms with E-state index in [1.807, 2.05) is 17.7 Å². The molecule has 0 bridgehead atoms. The Morgan fingerprint density at radius 3 is 2.85 bits per heavy atom. The summed E-state index contributed by atoms with van der Waals surface area (Å²) < 4.78 is 8.00. The summed E-state index contributed by atoms with van der Waals surface area (Å²) in [5.74, 6) is 1.99. The second-order valence-corrected chi connectivity index (χ2v) is 7.40. The third-order valence-corrected chi connectivity index (χ3v) is 5.61. The van der Waals surface area contributed by atoms with Gasteiger partial charge in [0, 0.05) is 29.9 Å². The second-order valence-electron chi connectivity index (χ2n) is 7.40. The molecule has 1 N–H and O–H groups in total. The van der Waals surface area contributed by atoms with Crippen molar-refractivity contribution in [2.24, 2.45) is 0 Å². The lowest BCUT2D eigenvalue weighted by atomic mass is 9.94. The zero-order valence-corrected chi connectivity index (χ0v) is 16.5. The Hall–Kier alpha value is -2.60. The molecule has 0 aromatic carbocycles. The molecule has 6 heteroatoms. The summed E-state index contributed by atoms with van der Waals surface area (Å²) in [6.45, 7) is 14.6. The van der Waals surface area contributed by atoms with Crippen molar-refractivity contribution in [3.8, 4) is 0 Å². The number of aryl methyl sites for hydroxylation is 3. The number of imidazole rings is 1. The molecule has 3 aromatic rings. The number of nitrogens with zero attached hydrogens (tertiary/aromatic N) is 4. The molecule has 1 unspecified atom stereocenters. The van der Waals surface area contributed by atoms with E-state index in [2.05, 4.69) is 48.3 Å². The van der Waals surface area contributed by atoms with Crippen molar-refractivity contribution in [2.75, 3.05) is 6.54 Å². The normalized spacial score (nSPS) is 17.3. The zero-order valence-electron chi connectivity index (χ0n) is 16.5. The third kappa shape index (κ3) is 3.04. The summed E-state index contributed by atoms with van der Waals surface area (Å²) in [7, 11) is 0. The molecule has 27 heavy (non-hydrogen) atoms. The molecule has 1 atom stereocenters. The highest BCUT2D eigenvalue weighted by Crippen LogP contribution is 2.37. The summed E-state index contributed by atoms with van der Waals surface area (Å²) >= 11 is 0. The van der Waals surface area contributed by atoms with Gasteiger partial charge in [0.1, 0.15) is 11.5 Å². The van der Waals surface area contributed by atoms with E-state index in [1.165, 1.54) is 22.5 Å². The first-order chi connectivity index (χ1) is 13.0. The van der Waals surface area contributed by atoms with Gasteiger partial charge in [-0.15, -0.1) is 6.58 Å². The van der Waals surface area contributed by atoms with E-state index in [9.17, 15) is 0 Å². The summed E-state index contributed by atoms with van der Waals surface area (Å²) in [6, 6.07) is 2.22. The van der Waals surface area contributed by atoms with Gasteiger partial charge in [-0.1, -0.05) is 6.08 Å². The van der Waals surface area contributed by atoms with Gasteiger partial charge in [0.2, 0.25) is 0 Å². The first-order valence-electron chi connectivity index (χ1n) is 9.46. The molecule has 0 fully saturated rings. The van der Waals surface area contributed by atoms with Crippen LogP contribution in [0.4, 0.5) is 0 Å². The van der Waals surface area contributed by atoms with Gasteiger partial charge in [-0.25, -0.2) is 4.98 Å².